The lowest BCUT2D eigenvalue weighted by Crippen LogP contribution is -2.31. The van der Waals surface area contributed by atoms with E-state index >= 15 is 0 Å². The van der Waals surface area contributed by atoms with Gasteiger partial charge in [-0.2, -0.15) is 0 Å². The number of rotatable bonds is 44. The number of nitrogens with zero attached hydrogens (tertiary/aromatic N) is 2. The number of carboxylic acid groups (broad SMARTS) is 1. The highest BCUT2D eigenvalue weighted by atomic mass is 32.2. The second-order valence-corrected chi connectivity index (χ2v) is 15.4. The summed E-state index contributed by atoms with van der Waals surface area (Å²) in [6.45, 7) is 13.1. The van der Waals surface area contributed by atoms with Gasteiger partial charge in [-0.25, -0.2) is 5.26 Å². The third-order valence-corrected chi connectivity index (χ3v) is 10.5. The summed E-state index contributed by atoms with van der Waals surface area (Å²) in [6, 6.07) is 15.7. The number of carboxylic acids is 1. The van der Waals surface area contributed by atoms with Crippen LogP contribution in [0.4, 0.5) is 11.4 Å². The van der Waals surface area contributed by atoms with Crippen LogP contribution >= 0.6 is 12.0 Å². The Bertz CT molecular complexity index is 1540. The molecule has 1 heterocycles. The number of aliphatic carboxylic acids is 1. The van der Waals surface area contributed by atoms with Gasteiger partial charge in [0, 0.05) is 54.6 Å². The van der Waals surface area contributed by atoms with Crippen molar-refractivity contribution in [1.82, 2.24) is 0 Å². The summed E-state index contributed by atoms with van der Waals surface area (Å²) < 4.78 is 65.4. The summed E-state index contributed by atoms with van der Waals surface area (Å²) in [4.78, 5) is 18.8. The highest BCUT2D eigenvalue weighted by molar-refractivity contribution is 7.94. The second-order valence-electron chi connectivity index (χ2n) is 14.6. The Kier molecular flexibility index (Phi) is 32.8. The summed E-state index contributed by atoms with van der Waals surface area (Å²) in [5.41, 5.74) is 3.53. The molecule has 19 heteroatoms. The number of ether oxygens (including phenoxy) is 11. The molecule has 0 saturated carbocycles. The molecule has 368 valence electrons. The molecule has 18 nitrogen and oxygen atoms in total. The standard InChI is InChI=1S/C46H72N2O16S/c1-46(42-39-41(65-64-63-51)12-13-43(42)48(17-8-4-7-11-45(49)50)44(46)14-16-47-40-9-5-3-6-10-40)15-18-53-21-22-55-25-26-57-29-30-59-33-34-61-37-38-62-36-35-60-32-31-58-28-27-56-24-23-54-20-19-52-2/h3,5-6,9-10,12-14,16,39,51H,4,7-8,11,15,17-38H2,1-2H3,(H,49,50). The van der Waals surface area contributed by atoms with Crippen molar-refractivity contribution < 1.29 is 76.6 Å². The van der Waals surface area contributed by atoms with Crippen LogP contribution in [-0.4, -0.2) is 175 Å². The van der Waals surface area contributed by atoms with Crippen molar-refractivity contribution >= 4 is 35.6 Å². The molecule has 0 saturated heterocycles. The first-order valence-electron chi connectivity index (χ1n) is 22.3. The van der Waals surface area contributed by atoms with Crippen LogP contribution in [0.25, 0.3) is 0 Å². The molecule has 0 aromatic heterocycles. The molecule has 2 aromatic rings. The van der Waals surface area contributed by atoms with E-state index in [1.165, 1.54) is 0 Å². The van der Waals surface area contributed by atoms with Crippen LogP contribution in [0.15, 0.2) is 70.2 Å². The van der Waals surface area contributed by atoms with Crippen molar-refractivity contribution in [3.63, 3.8) is 0 Å². The molecular weight excluding hydrogens is 869 g/mol. The van der Waals surface area contributed by atoms with Crippen LogP contribution in [0, 0.1) is 0 Å². The Morgan fingerprint density at radius 3 is 1.58 bits per heavy atom. The Morgan fingerprint density at radius 2 is 1.12 bits per heavy atom. The van der Waals surface area contributed by atoms with Crippen molar-refractivity contribution in [3.8, 4) is 0 Å². The lowest BCUT2D eigenvalue weighted by molar-refractivity contribution is -0.432. The quantitative estimate of drug-likeness (QED) is 0.0246. The fraction of sp³-hybridized carbons (Fsp3) is 0.652. The average Bonchev–Trinajstić information content (AvgIpc) is 3.54. The number of methoxy groups -OCH3 is 1. The van der Waals surface area contributed by atoms with Gasteiger partial charge in [0.05, 0.1) is 150 Å². The number of unbranched alkanes of at least 4 members (excludes halogenated alkanes) is 2. The first kappa shape index (κ1) is 56.2. The molecule has 2 N–H and O–H groups in total. The van der Waals surface area contributed by atoms with Gasteiger partial charge in [0.15, 0.2) is 0 Å². The predicted molar refractivity (Wildman–Crippen MR) is 245 cm³/mol. The van der Waals surface area contributed by atoms with Gasteiger partial charge in [-0.3, -0.25) is 9.79 Å². The van der Waals surface area contributed by atoms with E-state index in [9.17, 15) is 4.79 Å². The minimum atomic E-state index is -0.786. The number of fused-ring (bicyclic) bond motifs is 1. The number of hydrogen-bond acceptors (Lipinski definition) is 18. The van der Waals surface area contributed by atoms with Crippen molar-refractivity contribution in [1.29, 1.82) is 0 Å². The molecule has 1 atom stereocenters. The van der Waals surface area contributed by atoms with Gasteiger partial charge in [-0.15, -0.1) is 4.33 Å². The third-order valence-electron chi connectivity index (χ3n) is 9.88. The summed E-state index contributed by atoms with van der Waals surface area (Å²) in [5, 5.41) is 21.8. The lowest BCUT2D eigenvalue weighted by atomic mass is 9.78. The average molecular weight is 941 g/mol. The molecule has 65 heavy (non-hydrogen) atoms. The summed E-state index contributed by atoms with van der Waals surface area (Å²) in [7, 11) is 1.64. The Morgan fingerprint density at radius 1 is 0.646 bits per heavy atom. The number of carbonyl (C=O) groups is 1. The maximum atomic E-state index is 11.1. The minimum Gasteiger partial charge on any atom is -0.481 e. The van der Waals surface area contributed by atoms with Crippen molar-refractivity contribution in [3.05, 3.63) is 65.9 Å². The van der Waals surface area contributed by atoms with Crippen LogP contribution in [0.2, 0.25) is 0 Å². The molecule has 0 bridgehead atoms. The third kappa shape index (κ3) is 25.6. The van der Waals surface area contributed by atoms with Crippen LogP contribution < -0.4 is 4.90 Å². The largest absolute Gasteiger partial charge is 0.481 e. The van der Waals surface area contributed by atoms with Gasteiger partial charge in [0.25, 0.3) is 0 Å². The van der Waals surface area contributed by atoms with Crippen molar-refractivity contribution in [2.24, 2.45) is 4.99 Å². The number of para-hydroxylation sites is 1. The van der Waals surface area contributed by atoms with Crippen LogP contribution in [0.5, 0.6) is 0 Å². The molecule has 0 fully saturated rings. The zero-order valence-electron chi connectivity index (χ0n) is 38.3. The molecule has 1 unspecified atom stereocenters. The Labute approximate surface area is 388 Å². The number of hydrogen-bond donors (Lipinski definition) is 2. The van der Waals surface area contributed by atoms with Gasteiger partial charge < -0.3 is 62.1 Å². The second kappa shape index (κ2) is 37.9. The van der Waals surface area contributed by atoms with E-state index in [1.807, 2.05) is 60.8 Å². The van der Waals surface area contributed by atoms with Gasteiger partial charge >= 0.3 is 5.97 Å². The van der Waals surface area contributed by atoms with Crippen LogP contribution in [0.3, 0.4) is 0 Å². The van der Waals surface area contributed by atoms with E-state index in [-0.39, 0.29) is 6.42 Å². The molecular formula is C46H72N2O16S. The maximum Gasteiger partial charge on any atom is 0.303 e. The first-order valence-corrected chi connectivity index (χ1v) is 23.1. The lowest BCUT2D eigenvalue weighted by Gasteiger charge is -2.30. The minimum absolute atomic E-state index is 0.148. The van der Waals surface area contributed by atoms with Crippen molar-refractivity contribution in [2.75, 3.05) is 157 Å². The molecule has 2 aromatic carbocycles. The SMILES string of the molecule is COCCOCCOCCOCCOCCOCCOCCOCCOCCOCCOCCC1(C)C(=CC=Nc2ccccc2)N(CCCCCC(=O)O)c2ccc(SOOO)cc21. The number of aliphatic imine (C=N–C) groups is 1. The van der Waals surface area contributed by atoms with Crippen LogP contribution in [0.1, 0.15) is 44.6 Å². The zero-order valence-corrected chi connectivity index (χ0v) is 39.1. The van der Waals surface area contributed by atoms with E-state index in [0.29, 0.717) is 158 Å². The molecule has 3 rings (SSSR count). The predicted octanol–water partition coefficient (Wildman–Crippen LogP) is 6.33. The number of benzene rings is 2. The highest BCUT2D eigenvalue weighted by Crippen LogP contribution is 2.51. The van der Waals surface area contributed by atoms with E-state index in [0.717, 1.165) is 52.4 Å². The van der Waals surface area contributed by atoms with Gasteiger partial charge in [-0.1, -0.05) is 29.7 Å². The first-order chi connectivity index (χ1) is 32.0. The Hall–Kier alpha value is -3.09. The number of anilines is 1. The molecule has 1 aliphatic rings. The Balaban J connectivity index is 1.23. The fourth-order valence-corrected chi connectivity index (χ4v) is 6.97. The zero-order chi connectivity index (χ0) is 46.3. The van der Waals surface area contributed by atoms with Gasteiger partial charge in [0.2, 0.25) is 0 Å². The summed E-state index contributed by atoms with van der Waals surface area (Å²) in [6.07, 6.45) is 6.89. The van der Waals surface area contributed by atoms with E-state index in [1.54, 1.807) is 7.11 Å². The fourth-order valence-electron chi connectivity index (χ4n) is 6.57. The monoisotopic (exact) mass is 940 g/mol. The van der Waals surface area contributed by atoms with Gasteiger partial charge in [-0.05, 0) is 68.2 Å². The van der Waals surface area contributed by atoms with E-state index < -0.39 is 11.4 Å². The molecule has 0 radical (unpaired) electrons. The molecule has 1 aliphatic heterocycles. The summed E-state index contributed by atoms with van der Waals surface area (Å²) >= 11 is 0.912. The highest BCUT2D eigenvalue weighted by Gasteiger charge is 2.43. The molecule has 0 spiro atoms. The van der Waals surface area contributed by atoms with E-state index in [2.05, 4.69) is 21.9 Å². The normalized spacial score (nSPS) is 15.5. The van der Waals surface area contributed by atoms with E-state index in [4.69, 9.17) is 66.8 Å². The van der Waals surface area contributed by atoms with Crippen molar-refractivity contribution in [2.45, 2.75) is 49.3 Å². The smallest absolute Gasteiger partial charge is 0.303 e. The molecule has 0 amide bonds. The summed E-state index contributed by atoms with van der Waals surface area (Å²) in [5.74, 6) is -0.786. The number of allylic oxidation sites excluding steroid dienone is 2. The maximum absolute atomic E-state index is 11.1. The molecule has 0 aliphatic carbocycles. The topological polar surface area (TPSA) is 193 Å². The van der Waals surface area contributed by atoms with Gasteiger partial charge in [0.1, 0.15) is 0 Å². The van der Waals surface area contributed by atoms with Crippen LogP contribution in [-0.2, 0) is 71.7 Å².